The van der Waals surface area contributed by atoms with Crippen molar-refractivity contribution in [1.82, 2.24) is 9.80 Å². The van der Waals surface area contributed by atoms with Crippen LogP contribution in [0.1, 0.15) is 25.0 Å². The molecule has 0 fully saturated rings. The summed E-state index contributed by atoms with van der Waals surface area (Å²) in [6.45, 7) is 3.43. The lowest BCUT2D eigenvalue weighted by Gasteiger charge is -2.34. The highest BCUT2D eigenvalue weighted by Crippen LogP contribution is 2.31. The predicted molar refractivity (Wildman–Crippen MR) is 167 cm³/mol. The van der Waals surface area contributed by atoms with Crippen molar-refractivity contribution in [3.8, 4) is 5.75 Å². The summed E-state index contributed by atoms with van der Waals surface area (Å²) >= 11 is 5.89. The van der Waals surface area contributed by atoms with Crippen molar-refractivity contribution in [3.05, 3.63) is 82.9 Å². The van der Waals surface area contributed by atoms with Crippen molar-refractivity contribution in [1.29, 1.82) is 0 Å². The molecule has 0 radical (unpaired) electrons. The van der Waals surface area contributed by atoms with Gasteiger partial charge in [-0.1, -0.05) is 18.5 Å². The quantitative estimate of drug-likeness (QED) is 0.289. The number of likely N-dealkylation sites (N-methyl/N-ethyl adjacent to an activating group) is 1. The number of aliphatic hydroxyl groups excluding tert-OH is 1. The summed E-state index contributed by atoms with van der Waals surface area (Å²) in [7, 11) is -2.49. The molecule has 0 aliphatic carbocycles. The first-order valence-electron chi connectivity index (χ1n) is 14.2. The van der Waals surface area contributed by atoms with Crippen LogP contribution in [0.25, 0.3) is 0 Å². The topological polar surface area (TPSA) is 128 Å². The Morgan fingerprint density at radius 1 is 1.11 bits per heavy atom. The molecule has 10 nitrogen and oxygen atoms in total. The number of urea groups is 1. The van der Waals surface area contributed by atoms with Crippen LogP contribution in [-0.2, 0) is 27.4 Å². The minimum Gasteiger partial charge on any atom is -0.488 e. The minimum absolute atomic E-state index is 0.0118. The number of hydrogen-bond acceptors (Lipinski definition) is 6. The van der Waals surface area contributed by atoms with Crippen molar-refractivity contribution in [2.75, 3.05) is 36.8 Å². The molecule has 15 heteroatoms. The van der Waals surface area contributed by atoms with Gasteiger partial charge in [0.15, 0.2) is 0 Å². The smallest absolute Gasteiger partial charge is 0.416 e. The molecule has 0 aromatic heterocycles. The van der Waals surface area contributed by atoms with E-state index in [0.29, 0.717) is 16.3 Å². The normalized spacial score (nSPS) is 17.9. The van der Waals surface area contributed by atoms with Crippen LogP contribution in [0.3, 0.4) is 0 Å². The summed E-state index contributed by atoms with van der Waals surface area (Å²) in [6, 6.07) is 13.1. The molecule has 46 heavy (non-hydrogen) atoms. The van der Waals surface area contributed by atoms with E-state index in [1.807, 2.05) is 6.92 Å². The van der Waals surface area contributed by atoms with Gasteiger partial charge in [0.2, 0.25) is 5.91 Å². The molecule has 3 aromatic rings. The van der Waals surface area contributed by atoms with E-state index in [0.717, 1.165) is 24.3 Å². The second-order valence-corrected chi connectivity index (χ2v) is 13.3. The first-order chi connectivity index (χ1) is 21.6. The van der Waals surface area contributed by atoms with E-state index in [4.69, 9.17) is 16.3 Å². The Labute approximate surface area is 270 Å². The van der Waals surface area contributed by atoms with Gasteiger partial charge in [-0.3, -0.25) is 9.52 Å². The third kappa shape index (κ3) is 8.62. The van der Waals surface area contributed by atoms with E-state index < -0.39 is 39.9 Å². The summed E-state index contributed by atoms with van der Waals surface area (Å²) in [5, 5.41) is 12.8. The molecule has 1 aliphatic heterocycles. The number of nitrogens with zero attached hydrogens (tertiary/aromatic N) is 2. The van der Waals surface area contributed by atoms with Crippen LogP contribution in [0, 0.1) is 5.92 Å². The van der Waals surface area contributed by atoms with Crippen LogP contribution in [0.2, 0.25) is 5.02 Å². The lowest BCUT2D eigenvalue weighted by molar-refractivity contribution is -0.137. The average Bonchev–Trinajstić information content (AvgIpc) is 3.04. The standard InChI is InChI=1S/C31H34ClF3N4O6S/c1-19-16-39(20(2)18-40)29(41)15-21-14-25(37-46(43,44)26-11-6-23(32)7-12-26)10-13-27(21)45-28(19)17-38(3)30(42)36-24-8-4-22(5-9-24)31(33,34)35/h4-14,19-20,28,37,40H,15-18H2,1-3H3,(H,36,42)/t19-,20+,28-/m1/s1. The fourth-order valence-electron chi connectivity index (χ4n) is 4.85. The number of aliphatic hydroxyl groups is 1. The molecule has 0 bridgehead atoms. The molecule has 1 aliphatic rings. The lowest BCUT2D eigenvalue weighted by atomic mass is 10.0. The van der Waals surface area contributed by atoms with Gasteiger partial charge in [-0.2, -0.15) is 13.2 Å². The average molecular weight is 683 g/mol. The molecule has 0 spiro atoms. The maximum atomic E-state index is 13.5. The Balaban J connectivity index is 1.58. The molecular formula is C31H34ClF3N4O6S. The van der Waals surface area contributed by atoms with E-state index in [1.54, 1.807) is 6.92 Å². The van der Waals surface area contributed by atoms with Crippen LogP contribution in [0.5, 0.6) is 5.75 Å². The van der Waals surface area contributed by atoms with Crippen LogP contribution in [0.4, 0.5) is 29.3 Å². The molecule has 0 saturated carbocycles. The van der Waals surface area contributed by atoms with Crippen molar-refractivity contribution in [2.24, 2.45) is 5.92 Å². The predicted octanol–water partition coefficient (Wildman–Crippen LogP) is 5.47. The first kappa shape index (κ1) is 34.9. The van der Waals surface area contributed by atoms with Gasteiger partial charge in [0.25, 0.3) is 10.0 Å². The van der Waals surface area contributed by atoms with E-state index in [2.05, 4.69) is 10.0 Å². The largest absolute Gasteiger partial charge is 0.488 e. The molecule has 4 rings (SSSR count). The highest BCUT2D eigenvalue weighted by atomic mass is 35.5. The van der Waals surface area contributed by atoms with Gasteiger partial charge in [0.1, 0.15) is 11.9 Å². The second kappa shape index (κ2) is 14.2. The van der Waals surface area contributed by atoms with Crippen molar-refractivity contribution in [3.63, 3.8) is 0 Å². The Kier molecular flexibility index (Phi) is 10.7. The van der Waals surface area contributed by atoms with E-state index >= 15 is 0 Å². The van der Waals surface area contributed by atoms with Crippen molar-refractivity contribution >= 4 is 44.9 Å². The summed E-state index contributed by atoms with van der Waals surface area (Å²) in [6.07, 6.45) is -5.34. The Morgan fingerprint density at radius 3 is 2.35 bits per heavy atom. The summed E-state index contributed by atoms with van der Waals surface area (Å²) < 4.78 is 73.6. The molecular weight excluding hydrogens is 649 g/mol. The van der Waals surface area contributed by atoms with E-state index in [9.17, 15) is 36.3 Å². The molecule has 0 saturated heterocycles. The van der Waals surface area contributed by atoms with Crippen molar-refractivity contribution < 1.29 is 41.0 Å². The third-order valence-electron chi connectivity index (χ3n) is 7.56. The fourth-order valence-corrected chi connectivity index (χ4v) is 6.03. The number of alkyl halides is 3. The fraction of sp³-hybridized carbons (Fsp3) is 0.355. The van der Waals surface area contributed by atoms with Gasteiger partial charge < -0.3 is 25.0 Å². The zero-order valence-corrected chi connectivity index (χ0v) is 26.8. The summed E-state index contributed by atoms with van der Waals surface area (Å²) in [4.78, 5) is 29.3. The van der Waals surface area contributed by atoms with Gasteiger partial charge in [0.05, 0.1) is 36.1 Å². The number of carbonyl (C=O) groups is 2. The van der Waals surface area contributed by atoms with E-state index in [-0.39, 0.29) is 54.2 Å². The van der Waals surface area contributed by atoms with Gasteiger partial charge >= 0.3 is 12.2 Å². The van der Waals surface area contributed by atoms with Crippen LogP contribution >= 0.6 is 11.6 Å². The molecule has 3 N–H and O–H groups in total. The molecule has 3 atom stereocenters. The van der Waals surface area contributed by atoms with Gasteiger partial charge in [-0.25, -0.2) is 13.2 Å². The van der Waals surface area contributed by atoms with Crippen molar-refractivity contribution in [2.45, 2.75) is 43.5 Å². The number of hydrogen-bond donors (Lipinski definition) is 3. The highest BCUT2D eigenvalue weighted by molar-refractivity contribution is 7.92. The molecule has 3 aromatic carbocycles. The van der Waals surface area contributed by atoms with E-state index in [1.165, 1.54) is 59.3 Å². The number of fused-ring (bicyclic) bond motifs is 1. The number of halogens is 4. The van der Waals surface area contributed by atoms with Gasteiger partial charge in [0, 0.05) is 41.5 Å². The molecule has 0 unspecified atom stereocenters. The lowest BCUT2D eigenvalue weighted by Crippen LogP contribution is -2.48. The zero-order chi connectivity index (χ0) is 33.8. The Hall–Kier alpha value is -4.01. The second-order valence-electron chi connectivity index (χ2n) is 11.2. The number of benzene rings is 3. The monoisotopic (exact) mass is 682 g/mol. The zero-order valence-electron chi connectivity index (χ0n) is 25.2. The highest BCUT2D eigenvalue weighted by Gasteiger charge is 2.33. The molecule has 1 heterocycles. The number of rotatable bonds is 8. The number of sulfonamides is 1. The number of carbonyl (C=O) groups excluding carboxylic acids is 2. The summed E-state index contributed by atoms with van der Waals surface area (Å²) in [5.74, 6) is -0.368. The van der Waals surface area contributed by atoms with Crippen LogP contribution < -0.4 is 14.8 Å². The minimum atomic E-state index is -4.51. The van der Waals surface area contributed by atoms with Gasteiger partial charge in [-0.15, -0.1) is 0 Å². The Bertz CT molecular complexity index is 1660. The SMILES string of the molecule is C[C@@H]1CN([C@@H](C)CO)C(=O)Cc2cc(NS(=O)(=O)c3ccc(Cl)cc3)ccc2O[C@@H]1CN(C)C(=O)Nc1ccc(C(F)(F)F)cc1. The molecule has 3 amide bonds. The first-order valence-corrected chi connectivity index (χ1v) is 16.1. The number of anilines is 2. The Morgan fingerprint density at radius 2 is 1.74 bits per heavy atom. The maximum absolute atomic E-state index is 13.5. The van der Waals surface area contributed by atoms with Gasteiger partial charge in [-0.05, 0) is 73.7 Å². The van der Waals surface area contributed by atoms with Crippen LogP contribution in [-0.4, -0.2) is 74.2 Å². The number of nitrogens with one attached hydrogen (secondary N) is 2. The summed E-state index contributed by atoms with van der Waals surface area (Å²) in [5.41, 5.74) is -0.112. The molecule has 248 valence electrons. The number of ether oxygens (including phenoxy) is 1. The number of amides is 3. The maximum Gasteiger partial charge on any atom is 0.416 e. The third-order valence-corrected chi connectivity index (χ3v) is 9.21. The van der Waals surface area contributed by atoms with Crippen LogP contribution in [0.15, 0.2) is 71.6 Å².